The summed E-state index contributed by atoms with van der Waals surface area (Å²) in [6.45, 7) is 1.30. The molecule has 0 spiro atoms. The lowest BCUT2D eigenvalue weighted by atomic mass is 10.2. The van der Waals surface area contributed by atoms with Crippen molar-refractivity contribution in [2.75, 3.05) is 5.32 Å². The summed E-state index contributed by atoms with van der Waals surface area (Å²) >= 11 is 3.04. The molecule has 0 aliphatic rings. The van der Waals surface area contributed by atoms with E-state index in [4.69, 9.17) is 5.11 Å². The zero-order valence-electron chi connectivity index (χ0n) is 7.24. The molecule has 0 fully saturated rings. The molecule has 1 aromatic rings. The first-order valence-corrected chi connectivity index (χ1v) is 4.46. The molecule has 0 unspecified atom stereocenters. The third kappa shape index (κ3) is 2.53. The molecule has 0 atom stereocenters. The molecule has 0 saturated carbocycles. The first kappa shape index (κ1) is 10.6. The molecule has 0 radical (unpaired) electrons. The van der Waals surface area contributed by atoms with E-state index in [1.165, 1.54) is 19.2 Å². The van der Waals surface area contributed by atoms with Crippen LogP contribution in [0.1, 0.15) is 17.3 Å². The van der Waals surface area contributed by atoms with Crippen LogP contribution in [0.15, 0.2) is 16.9 Å². The first-order chi connectivity index (χ1) is 6.50. The zero-order valence-corrected chi connectivity index (χ0v) is 8.83. The standard InChI is InChI=1S/C8H7BrN2O3/c1-4(12)11-6-3-10-7(9)2-5(6)8(13)14/h2-3H,1H3,(H,11,12)(H,13,14). The Balaban J connectivity index is 3.14. The van der Waals surface area contributed by atoms with E-state index in [1.54, 1.807) is 0 Å². The fraction of sp³-hybridized carbons (Fsp3) is 0.125. The number of carboxylic acid groups (broad SMARTS) is 1. The normalized spacial score (nSPS) is 9.57. The molecule has 0 aliphatic carbocycles. The van der Waals surface area contributed by atoms with Crippen molar-refractivity contribution >= 4 is 33.5 Å². The molecule has 74 valence electrons. The molecule has 2 N–H and O–H groups in total. The Hall–Kier alpha value is -1.43. The number of carbonyl (C=O) groups excluding carboxylic acids is 1. The summed E-state index contributed by atoms with van der Waals surface area (Å²) < 4.78 is 0.406. The van der Waals surface area contributed by atoms with Crippen molar-refractivity contribution in [3.8, 4) is 0 Å². The van der Waals surface area contributed by atoms with Crippen molar-refractivity contribution in [3.63, 3.8) is 0 Å². The number of nitrogens with zero attached hydrogens (tertiary/aromatic N) is 1. The average Bonchev–Trinajstić information content (AvgIpc) is 2.07. The van der Waals surface area contributed by atoms with Gasteiger partial charge in [-0.15, -0.1) is 0 Å². The van der Waals surface area contributed by atoms with Gasteiger partial charge in [-0.05, 0) is 22.0 Å². The van der Waals surface area contributed by atoms with Crippen LogP contribution in [-0.2, 0) is 4.79 Å². The van der Waals surface area contributed by atoms with Crippen LogP contribution >= 0.6 is 15.9 Å². The van der Waals surface area contributed by atoms with Crippen LogP contribution in [0.5, 0.6) is 0 Å². The SMILES string of the molecule is CC(=O)Nc1cnc(Br)cc1C(=O)O. The van der Waals surface area contributed by atoms with E-state index in [1.807, 2.05) is 0 Å². The zero-order chi connectivity index (χ0) is 10.7. The van der Waals surface area contributed by atoms with Crippen molar-refractivity contribution < 1.29 is 14.7 Å². The number of carbonyl (C=O) groups is 2. The minimum absolute atomic E-state index is 0.00192. The molecule has 5 nitrogen and oxygen atoms in total. The van der Waals surface area contributed by atoms with Gasteiger partial charge in [-0.2, -0.15) is 0 Å². The maximum atomic E-state index is 10.8. The predicted molar refractivity (Wildman–Crippen MR) is 53.2 cm³/mol. The third-order valence-electron chi connectivity index (χ3n) is 1.41. The number of pyridine rings is 1. The number of amides is 1. The Morgan fingerprint density at radius 3 is 2.71 bits per heavy atom. The van der Waals surface area contributed by atoms with Crippen molar-refractivity contribution in [2.24, 2.45) is 0 Å². The molecule has 0 saturated heterocycles. The van der Waals surface area contributed by atoms with E-state index in [2.05, 4.69) is 26.2 Å². The minimum Gasteiger partial charge on any atom is -0.478 e. The van der Waals surface area contributed by atoms with E-state index in [0.29, 0.717) is 4.60 Å². The van der Waals surface area contributed by atoms with Crippen LogP contribution in [0.2, 0.25) is 0 Å². The summed E-state index contributed by atoms with van der Waals surface area (Å²) in [5.74, 6) is -1.45. The number of carboxylic acids is 1. The van der Waals surface area contributed by atoms with Gasteiger partial charge >= 0.3 is 5.97 Å². The summed E-state index contributed by atoms with van der Waals surface area (Å²) in [5.41, 5.74) is 0.190. The number of hydrogen-bond acceptors (Lipinski definition) is 3. The van der Waals surface area contributed by atoms with Crippen molar-refractivity contribution in [2.45, 2.75) is 6.92 Å². The molecule has 14 heavy (non-hydrogen) atoms. The Morgan fingerprint density at radius 2 is 2.21 bits per heavy atom. The highest BCUT2D eigenvalue weighted by Crippen LogP contribution is 2.18. The first-order valence-electron chi connectivity index (χ1n) is 3.67. The molecule has 1 heterocycles. The van der Waals surface area contributed by atoms with Gasteiger partial charge in [0.2, 0.25) is 5.91 Å². The van der Waals surface area contributed by atoms with Gasteiger partial charge in [0.05, 0.1) is 17.4 Å². The van der Waals surface area contributed by atoms with Crippen LogP contribution in [-0.4, -0.2) is 22.0 Å². The fourth-order valence-corrected chi connectivity index (χ4v) is 1.23. The summed E-state index contributed by atoms with van der Waals surface area (Å²) in [6, 6.07) is 1.33. The molecule has 1 rings (SSSR count). The second-order valence-corrected chi connectivity index (χ2v) is 3.35. The lowest BCUT2D eigenvalue weighted by Crippen LogP contribution is -2.11. The lowest BCUT2D eigenvalue weighted by Gasteiger charge is -2.05. The fourth-order valence-electron chi connectivity index (χ4n) is 0.896. The highest BCUT2D eigenvalue weighted by Gasteiger charge is 2.11. The second-order valence-electron chi connectivity index (χ2n) is 2.54. The lowest BCUT2D eigenvalue weighted by molar-refractivity contribution is -0.114. The van der Waals surface area contributed by atoms with Crippen LogP contribution in [0.4, 0.5) is 5.69 Å². The van der Waals surface area contributed by atoms with Gasteiger partial charge in [-0.25, -0.2) is 9.78 Å². The monoisotopic (exact) mass is 258 g/mol. The van der Waals surface area contributed by atoms with Crippen molar-refractivity contribution in [1.29, 1.82) is 0 Å². The smallest absolute Gasteiger partial charge is 0.337 e. The van der Waals surface area contributed by atoms with Gasteiger partial charge in [0.25, 0.3) is 0 Å². The topological polar surface area (TPSA) is 79.3 Å². The van der Waals surface area contributed by atoms with E-state index in [0.717, 1.165) is 0 Å². The average molecular weight is 259 g/mol. The predicted octanol–water partition coefficient (Wildman–Crippen LogP) is 1.50. The van der Waals surface area contributed by atoms with Gasteiger partial charge < -0.3 is 10.4 Å². The van der Waals surface area contributed by atoms with Gasteiger partial charge in [0.1, 0.15) is 4.60 Å². The van der Waals surface area contributed by atoms with Crippen LogP contribution in [0.25, 0.3) is 0 Å². The number of aromatic nitrogens is 1. The summed E-state index contributed by atoms with van der Waals surface area (Å²) in [5, 5.41) is 11.2. The summed E-state index contributed by atoms with van der Waals surface area (Å²) in [4.78, 5) is 25.3. The molecule has 0 bridgehead atoms. The number of nitrogens with one attached hydrogen (secondary N) is 1. The van der Waals surface area contributed by atoms with E-state index >= 15 is 0 Å². The van der Waals surface area contributed by atoms with Crippen molar-refractivity contribution in [1.82, 2.24) is 4.98 Å². The maximum absolute atomic E-state index is 10.8. The van der Waals surface area contributed by atoms with Crippen molar-refractivity contribution in [3.05, 3.63) is 22.4 Å². The maximum Gasteiger partial charge on any atom is 0.337 e. The van der Waals surface area contributed by atoms with Gasteiger partial charge in [0.15, 0.2) is 0 Å². The number of anilines is 1. The molecule has 6 heteroatoms. The highest BCUT2D eigenvalue weighted by molar-refractivity contribution is 9.10. The van der Waals surface area contributed by atoms with E-state index in [9.17, 15) is 9.59 Å². The second kappa shape index (κ2) is 4.19. The minimum atomic E-state index is -1.11. The number of hydrogen-bond donors (Lipinski definition) is 2. The van der Waals surface area contributed by atoms with Gasteiger partial charge in [-0.1, -0.05) is 0 Å². The molecular weight excluding hydrogens is 252 g/mol. The van der Waals surface area contributed by atoms with Gasteiger partial charge in [0, 0.05) is 6.92 Å². The number of aromatic carboxylic acids is 1. The quantitative estimate of drug-likeness (QED) is 0.789. The van der Waals surface area contributed by atoms with Crippen LogP contribution in [0.3, 0.4) is 0 Å². The highest BCUT2D eigenvalue weighted by atomic mass is 79.9. The molecular formula is C8H7BrN2O3. The summed E-state index contributed by atoms with van der Waals surface area (Å²) in [6.07, 6.45) is 1.29. The largest absolute Gasteiger partial charge is 0.478 e. The Labute approximate surface area is 88.3 Å². The van der Waals surface area contributed by atoms with E-state index < -0.39 is 5.97 Å². The molecule has 0 aliphatic heterocycles. The molecule has 0 aromatic carbocycles. The number of rotatable bonds is 2. The molecule has 1 amide bonds. The van der Waals surface area contributed by atoms with E-state index in [-0.39, 0.29) is 17.2 Å². The third-order valence-corrected chi connectivity index (χ3v) is 1.85. The van der Waals surface area contributed by atoms with Crippen LogP contribution < -0.4 is 5.32 Å². The number of halogens is 1. The Bertz CT molecular complexity index is 392. The molecule has 1 aromatic heterocycles. The van der Waals surface area contributed by atoms with Gasteiger partial charge in [-0.3, -0.25) is 4.79 Å². The Morgan fingerprint density at radius 1 is 1.57 bits per heavy atom. The summed E-state index contributed by atoms with van der Waals surface area (Å²) in [7, 11) is 0. The Kier molecular flexibility index (Phi) is 3.19. The van der Waals surface area contributed by atoms with Crippen LogP contribution in [0, 0.1) is 0 Å².